The molecule has 0 saturated heterocycles. The van der Waals surface area contributed by atoms with Crippen molar-refractivity contribution in [1.29, 1.82) is 0 Å². The van der Waals surface area contributed by atoms with Gasteiger partial charge in [0.2, 0.25) is 5.91 Å². The third-order valence-electron chi connectivity index (χ3n) is 5.06. The topological polar surface area (TPSA) is 101 Å². The standard InChI is InChI=1S/C24H31FN4O5S/c1-7-34-23-20(33-5)11-10-18(27-23)19(14-35-6)29(4)24(32)22-15(13-30)17(9-8-16(22)25)26-21(31)12-28(2)3/h8-11,13,19H,7,12,14H2,1-6H3,(H,26,31). The van der Waals surface area contributed by atoms with Crippen LogP contribution >= 0.6 is 11.8 Å². The molecule has 1 unspecified atom stereocenters. The number of pyridine rings is 1. The minimum Gasteiger partial charge on any atom is -0.491 e. The fourth-order valence-electron chi connectivity index (χ4n) is 3.41. The fourth-order valence-corrected chi connectivity index (χ4v) is 4.12. The van der Waals surface area contributed by atoms with Gasteiger partial charge < -0.3 is 24.6 Å². The van der Waals surface area contributed by atoms with Gasteiger partial charge in [0.15, 0.2) is 12.0 Å². The average Bonchev–Trinajstić information content (AvgIpc) is 2.82. The molecule has 0 radical (unpaired) electrons. The second-order valence-corrected chi connectivity index (χ2v) is 8.76. The summed E-state index contributed by atoms with van der Waals surface area (Å²) in [5.74, 6) is -0.807. The van der Waals surface area contributed by atoms with E-state index in [2.05, 4.69) is 10.3 Å². The maximum absolute atomic E-state index is 14.9. The van der Waals surface area contributed by atoms with E-state index >= 15 is 0 Å². The Balaban J connectivity index is 2.48. The van der Waals surface area contributed by atoms with Crippen LogP contribution in [0.2, 0.25) is 0 Å². The molecular weight excluding hydrogens is 475 g/mol. The third-order valence-corrected chi connectivity index (χ3v) is 5.71. The molecule has 190 valence electrons. The smallest absolute Gasteiger partial charge is 0.257 e. The monoisotopic (exact) mass is 506 g/mol. The van der Waals surface area contributed by atoms with Crippen LogP contribution in [0.3, 0.4) is 0 Å². The molecule has 1 N–H and O–H groups in total. The number of ether oxygens (including phenoxy) is 2. The molecule has 1 atom stereocenters. The van der Waals surface area contributed by atoms with Gasteiger partial charge in [0, 0.05) is 12.8 Å². The minimum atomic E-state index is -0.866. The summed E-state index contributed by atoms with van der Waals surface area (Å²) in [7, 11) is 6.44. The summed E-state index contributed by atoms with van der Waals surface area (Å²) in [6, 6.07) is 5.16. The van der Waals surface area contributed by atoms with E-state index < -0.39 is 29.2 Å². The normalized spacial score (nSPS) is 11.7. The molecule has 2 aromatic rings. The highest BCUT2D eigenvalue weighted by Crippen LogP contribution is 2.31. The van der Waals surface area contributed by atoms with Gasteiger partial charge in [-0.1, -0.05) is 0 Å². The number of benzene rings is 1. The van der Waals surface area contributed by atoms with Crippen molar-refractivity contribution in [3.8, 4) is 11.6 Å². The van der Waals surface area contributed by atoms with Crippen LogP contribution in [0.1, 0.15) is 39.4 Å². The molecular formula is C24H31FN4O5S. The van der Waals surface area contributed by atoms with Crippen molar-refractivity contribution in [2.45, 2.75) is 13.0 Å². The van der Waals surface area contributed by atoms with Gasteiger partial charge in [0.25, 0.3) is 11.8 Å². The first-order chi connectivity index (χ1) is 16.7. The first kappa shape index (κ1) is 28.1. The molecule has 2 amide bonds. The zero-order valence-electron chi connectivity index (χ0n) is 20.8. The Labute approximate surface area is 209 Å². The lowest BCUT2D eigenvalue weighted by Crippen LogP contribution is -2.35. The SMILES string of the molecule is CCOc1nc(C(CSC)N(C)C(=O)c2c(F)ccc(NC(=O)CN(C)C)c2C=O)ccc1OC. The molecule has 0 bridgehead atoms. The molecule has 2 rings (SSSR count). The molecule has 0 aliphatic rings. The van der Waals surface area contributed by atoms with Gasteiger partial charge in [-0.05, 0) is 51.5 Å². The number of hydrogen-bond donors (Lipinski definition) is 1. The number of rotatable bonds is 12. The number of halogens is 1. The molecule has 0 saturated carbocycles. The van der Waals surface area contributed by atoms with E-state index in [1.54, 1.807) is 31.1 Å². The fraction of sp³-hybridized carbons (Fsp3) is 0.417. The number of likely N-dealkylation sites (N-methyl/N-ethyl adjacent to an activating group) is 1. The Bertz CT molecular complexity index is 1070. The van der Waals surface area contributed by atoms with Crippen LogP contribution in [0, 0.1) is 5.82 Å². The van der Waals surface area contributed by atoms with E-state index in [0.717, 1.165) is 6.07 Å². The van der Waals surface area contributed by atoms with Gasteiger partial charge in [0.05, 0.1) is 48.8 Å². The predicted octanol–water partition coefficient (Wildman–Crippen LogP) is 3.12. The zero-order valence-corrected chi connectivity index (χ0v) is 21.6. The largest absolute Gasteiger partial charge is 0.491 e. The number of aldehydes is 1. The van der Waals surface area contributed by atoms with Crippen LogP contribution in [0.5, 0.6) is 11.6 Å². The number of anilines is 1. The summed E-state index contributed by atoms with van der Waals surface area (Å²) in [5, 5.41) is 2.58. The van der Waals surface area contributed by atoms with Crippen molar-refractivity contribution in [3.63, 3.8) is 0 Å². The number of methoxy groups -OCH3 is 1. The molecule has 0 aliphatic carbocycles. The van der Waals surface area contributed by atoms with Crippen molar-refractivity contribution in [2.75, 3.05) is 58.7 Å². The number of nitrogens with one attached hydrogen (secondary N) is 1. The molecule has 1 aromatic heterocycles. The van der Waals surface area contributed by atoms with Crippen LogP contribution in [0.4, 0.5) is 10.1 Å². The summed E-state index contributed by atoms with van der Waals surface area (Å²) in [6.07, 6.45) is 2.24. The average molecular weight is 507 g/mol. The summed E-state index contributed by atoms with van der Waals surface area (Å²) < 4.78 is 25.8. The third kappa shape index (κ3) is 6.92. The molecule has 11 heteroatoms. The van der Waals surface area contributed by atoms with E-state index in [9.17, 15) is 18.8 Å². The lowest BCUT2D eigenvalue weighted by molar-refractivity contribution is -0.116. The van der Waals surface area contributed by atoms with E-state index in [4.69, 9.17) is 9.47 Å². The Kier molecular flexibility index (Phi) is 10.5. The van der Waals surface area contributed by atoms with E-state index in [1.165, 1.54) is 36.9 Å². The zero-order chi connectivity index (χ0) is 26.1. The number of aromatic nitrogens is 1. The van der Waals surface area contributed by atoms with Gasteiger partial charge >= 0.3 is 0 Å². The van der Waals surface area contributed by atoms with Crippen molar-refractivity contribution < 1.29 is 28.2 Å². The molecule has 0 aliphatic heterocycles. The molecule has 1 aromatic carbocycles. The van der Waals surface area contributed by atoms with Crippen LogP contribution in [-0.2, 0) is 4.79 Å². The molecule has 1 heterocycles. The highest BCUT2D eigenvalue weighted by atomic mass is 32.2. The lowest BCUT2D eigenvalue weighted by atomic mass is 10.0. The van der Waals surface area contributed by atoms with Crippen LogP contribution in [-0.4, -0.2) is 86.3 Å². The quantitative estimate of drug-likeness (QED) is 0.438. The summed E-state index contributed by atoms with van der Waals surface area (Å²) in [5.41, 5.74) is -0.0695. The Morgan fingerprint density at radius 2 is 1.94 bits per heavy atom. The summed E-state index contributed by atoms with van der Waals surface area (Å²) in [6.45, 7) is 2.24. The van der Waals surface area contributed by atoms with Crippen molar-refractivity contribution >= 4 is 35.5 Å². The predicted molar refractivity (Wildman–Crippen MR) is 134 cm³/mol. The van der Waals surface area contributed by atoms with Gasteiger partial charge in [-0.3, -0.25) is 14.4 Å². The highest BCUT2D eigenvalue weighted by Gasteiger charge is 2.29. The first-order valence-electron chi connectivity index (χ1n) is 10.8. The van der Waals surface area contributed by atoms with Crippen molar-refractivity contribution in [3.05, 3.63) is 46.9 Å². The first-order valence-corrected chi connectivity index (χ1v) is 12.2. The number of nitrogens with zero attached hydrogens (tertiary/aromatic N) is 3. The Morgan fingerprint density at radius 3 is 2.51 bits per heavy atom. The van der Waals surface area contributed by atoms with Crippen molar-refractivity contribution in [2.24, 2.45) is 0 Å². The maximum Gasteiger partial charge on any atom is 0.257 e. The van der Waals surface area contributed by atoms with E-state index in [0.29, 0.717) is 30.1 Å². The number of thioether (sulfide) groups is 1. The Morgan fingerprint density at radius 1 is 1.23 bits per heavy atom. The molecule has 0 fully saturated rings. The maximum atomic E-state index is 14.9. The number of hydrogen-bond acceptors (Lipinski definition) is 8. The second kappa shape index (κ2) is 13.1. The van der Waals surface area contributed by atoms with E-state index in [-0.39, 0.29) is 23.7 Å². The Hall–Kier alpha value is -3.18. The summed E-state index contributed by atoms with van der Waals surface area (Å²) >= 11 is 1.48. The molecule has 9 nitrogen and oxygen atoms in total. The summed E-state index contributed by atoms with van der Waals surface area (Å²) in [4.78, 5) is 45.1. The van der Waals surface area contributed by atoms with Crippen LogP contribution < -0.4 is 14.8 Å². The van der Waals surface area contributed by atoms with Gasteiger partial charge in [-0.15, -0.1) is 0 Å². The van der Waals surface area contributed by atoms with Crippen molar-refractivity contribution in [1.82, 2.24) is 14.8 Å². The molecule has 35 heavy (non-hydrogen) atoms. The minimum absolute atomic E-state index is 0.0555. The number of carbonyl (C=O) groups is 3. The van der Waals surface area contributed by atoms with Crippen LogP contribution in [0.25, 0.3) is 0 Å². The number of carbonyl (C=O) groups excluding carboxylic acids is 3. The van der Waals surface area contributed by atoms with Gasteiger partial charge in [0.1, 0.15) is 5.82 Å². The highest BCUT2D eigenvalue weighted by molar-refractivity contribution is 7.98. The lowest BCUT2D eigenvalue weighted by Gasteiger charge is -2.28. The van der Waals surface area contributed by atoms with Crippen LogP contribution in [0.15, 0.2) is 24.3 Å². The number of amides is 2. The second-order valence-electron chi connectivity index (χ2n) is 7.85. The molecule has 0 spiro atoms. The van der Waals surface area contributed by atoms with E-state index in [1.807, 2.05) is 13.2 Å². The van der Waals surface area contributed by atoms with Gasteiger partial charge in [-0.2, -0.15) is 11.8 Å². The van der Waals surface area contributed by atoms with Gasteiger partial charge in [-0.25, -0.2) is 9.37 Å².